The summed E-state index contributed by atoms with van der Waals surface area (Å²) < 4.78 is 4.82. The van der Waals surface area contributed by atoms with Gasteiger partial charge in [-0.05, 0) is 19.8 Å². The van der Waals surface area contributed by atoms with E-state index in [1.54, 1.807) is 6.92 Å². The fourth-order valence-electron chi connectivity index (χ4n) is 0.924. The second kappa shape index (κ2) is 2.30. The molecule has 1 aliphatic rings. The summed E-state index contributed by atoms with van der Waals surface area (Å²) in [6.07, 6.45) is 1.66. The van der Waals surface area contributed by atoms with Crippen molar-refractivity contribution in [2.45, 2.75) is 31.8 Å². The molecule has 2 rings (SSSR count). The lowest BCUT2D eigenvalue weighted by atomic mass is 10.4. The van der Waals surface area contributed by atoms with Crippen molar-refractivity contribution in [1.29, 1.82) is 0 Å². The van der Waals surface area contributed by atoms with Crippen LogP contribution in [0.25, 0.3) is 0 Å². The first kappa shape index (κ1) is 6.79. The van der Waals surface area contributed by atoms with Crippen LogP contribution in [0.15, 0.2) is 4.52 Å². The maximum Gasteiger partial charge on any atom is 0.255 e. The summed E-state index contributed by atoms with van der Waals surface area (Å²) in [5.74, 6) is 1.57. The van der Waals surface area contributed by atoms with E-state index >= 15 is 0 Å². The Kier molecular flexibility index (Phi) is 1.42. The third-order valence-corrected chi connectivity index (χ3v) is 1.76. The molecule has 0 saturated heterocycles. The molecule has 1 N–H and O–H groups in total. The number of hydrogen-bond acceptors (Lipinski definition) is 4. The van der Waals surface area contributed by atoms with Crippen LogP contribution in [0.3, 0.4) is 0 Å². The molecule has 1 aromatic rings. The van der Waals surface area contributed by atoms with E-state index < -0.39 is 6.10 Å². The molecule has 1 fully saturated rings. The molecule has 11 heavy (non-hydrogen) atoms. The van der Waals surface area contributed by atoms with E-state index in [9.17, 15) is 0 Å². The van der Waals surface area contributed by atoms with Crippen molar-refractivity contribution in [3.8, 4) is 0 Å². The highest BCUT2D eigenvalue weighted by atomic mass is 16.5. The topological polar surface area (TPSA) is 59.2 Å². The number of nitrogens with zero attached hydrogens (tertiary/aromatic N) is 2. The summed E-state index contributed by atoms with van der Waals surface area (Å²) in [7, 11) is 0. The third-order valence-electron chi connectivity index (χ3n) is 1.76. The molecule has 0 amide bonds. The van der Waals surface area contributed by atoms with E-state index in [1.165, 1.54) is 0 Å². The van der Waals surface area contributed by atoms with Gasteiger partial charge in [-0.1, -0.05) is 5.16 Å². The second-order valence-corrected chi connectivity index (χ2v) is 2.94. The van der Waals surface area contributed by atoms with Gasteiger partial charge in [0.05, 0.1) is 0 Å². The van der Waals surface area contributed by atoms with Crippen LogP contribution >= 0.6 is 0 Å². The predicted octanol–water partition coefficient (Wildman–Crippen LogP) is 1.00. The number of rotatable bonds is 2. The van der Waals surface area contributed by atoms with E-state index in [2.05, 4.69) is 10.1 Å². The van der Waals surface area contributed by atoms with Crippen molar-refractivity contribution in [3.63, 3.8) is 0 Å². The van der Waals surface area contributed by atoms with Crippen LogP contribution in [0.4, 0.5) is 0 Å². The molecule has 4 heteroatoms. The zero-order valence-corrected chi connectivity index (χ0v) is 6.32. The van der Waals surface area contributed by atoms with E-state index in [0.717, 1.165) is 18.7 Å². The molecule has 0 radical (unpaired) electrons. The van der Waals surface area contributed by atoms with E-state index in [1.807, 2.05) is 0 Å². The van der Waals surface area contributed by atoms with Crippen molar-refractivity contribution in [1.82, 2.24) is 10.1 Å². The Labute approximate surface area is 64.2 Å². The van der Waals surface area contributed by atoms with Crippen LogP contribution in [-0.4, -0.2) is 15.2 Å². The minimum atomic E-state index is -0.644. The molecule has 0 unspecified atom stereocenters. The van der Waals surface area contributed by atoms with Gasteiger partial charge in [-0.15, -0.1) is 0 Å². The summed E-state index contributed by atoms with van der Waals surface area (Å²) in [5, 5.41) is 12.8. The van der Waals surface area contributed by atoms with Gasteiger partial charge >= 0.3 is 0 Å². The molecule has 60 valence electrons. The molecule has 1 aliphatic carbocycles. The molecular weight excluding hydrogens is 144 g/mol. The monoisotopic (exact) mass is 154 g/mol. The SMILES string of the molecule is C[C@H](O)c1nc(C2CC2)no1. The van der Waals surface area contributed by atoms with Crippen LogP contribution in [0.2, 0.25) is 0 Å². The molecular formula is C7H10N2O2. The molecule has 1 heterocycles. The van der Waals surface area contributed by atoms with Crippen molar-refractivity contribution in [2.24, 2.45) is 0 Å². The minimum Gasteiger partial charge on any atom is -0.384 e. The molecule has 0 aromatic carbocycles. The summed E-state index contributed by atoms with van der Waals surface area (Å²) >= 11 is 0. The summed E-state index contributed by atoms with van der Waals surface area (Å²) in [6.45, 7) is 1.62. The molecule has 1 aromatic heterocycles. The first-order valence-electron chi connectivity index (χ1n) is 3.79. The van der Waals surface area contributed by atoms with Gasteiger partial charge in [-0.2, -0.15) is 4.98 Å². The number of aliphatic hydroxyl groups excluding tert-OH is 1. The van der Waals surface area contributed by atoms with Crippen LogP contribution in [0.5, 0.6) is 0 Å². The van der Waals surface area contributed by atoms with Gasteiger partial charge in [0.2, 0.25) is 0 Å². The van der Waals surface area contributed by atoms with Gasteiger partial charge in [-0.25, -0.2) is 0 Å². The Hall–Kier alpha value is -0.900. The van der Waals surface area contributed by atoms with Crippen LogP contribution in [-0.2, 0) is 0 Å². The highest BCUT2D eigenvalue weighted by Crippen LogP contribution is 2.38. The van der Waals surface area contributed by atoms with Gasteiger partial charge in [0.1, 0.15) is 6.10 Å². The molecule has 0 aliphatic heterocycles. The van der Waals surface area contributed by atoms with Crippen LogP contribution in [0.1, 0.15) is 43.5 Å². The Morgan fingerprint density at radius 2 is 2.36 bits per heavy atom. The fraction of sp³-hybridized carbons (Fsp3) is 0.714. The summed E-state index contributed by atoms with van der Waals surface area (Å²) in [5.41, 5.74) is 0. The Balaban J connectivity index is 2.18. The quantitative estimate of drug-likeness (QED) is 0.690. The van der Waals surface area contributed by atoms with Crippen molar-refractivity contribution in [3.05, 3.63) is 11.7 Å². The normalized spacial score (nSPS) is 20.2. The van der Waals surface area contributed by atoms with Gasteiger partial charge in [0, 0.05) is 5.92 Å². The lowest BCUT2D eigenvalue weighted by Gasteiger charge is -1.91. The van der Waals surface area contributed by atoms with Crippen LogP contribution < -0.4 is 0 Å². The first-order valence-corrected chi connectivity index (χ1v) is 3.79. The highest BCUT2D eigenvalue weighted by Gasteiger charge is 2.29. The van der Waals surface area contributed by atoms with E-state index in [-0.39, 0.29) is 0 Å². The fourth-order valence-corrected chi connectivity index (χ4v) is 0.924. The third kappa shape index (κ3) is 1.26. The van der Waals surface area contributed by atoms with Gasteiger partial charge in [0.25, 0.3) is 5.89 Å². The maximum atomic E-state index is 9.04. The Morgan fingerprint density at radius 3 is 2.82 bits per heavy atom. The number of aromatic nitrogens is 2. The molecule has 1 atom stereocenters. The average Bonchev–Trinajstić information content (AvgIpc) is 2.68. The predicted molar refractivity (Wildman–Crippen MR) is 36.9 cm³/mol. The summed E-state index contributed by atoms with van der Waals surface area (Å²) in [6, 6.07) is 0. The zero-order chi connectivity index (χ0) is 7.84. The molecule has 0 bridgehead atoms. The zero-order valence-electron chi connectivity index (χ0n) is 6.32. The lowest BCUT2D eigenvalue weighted by Crippen LogP contribution is -1.90. The smallest absolute Gasteiger partial charge is 0.255 e. The Bertz CT molecular complexity index is 236. The standard InChI is InChI=1S/C7H10N2O2/c1-4(10)7-8-6(9-11-7)5-2-3-5/h4-5,10H,2-3H2,1H3/t4-/m0/s1. The number of hydrogen-bond donors (Lipinski definition) is 1. The van der Waals surface area contributed by atoms with Crippen molar-refractivity contribution < 1.29 is 9.63 Å². The van der Waals surface area contributed by atoms with Crippen molar-refractivity contribution >= 4 is 0 Å². The second-order valence-electron chi connectivity index (χ2n) is 2.94. The van der Waals surface area contributed by atoms with Crippen molar-refractivity contribution in [2.75, 3.05) is 0 Å². The maximum absolute atomic E-state index is 9.04. The average molecular weight is 154 g/mol. The van der Waals surface area contributed by atoms with Gasteiger partial charge in [-0.3, -0.25) is 0 Å². The van der Waals surface area contributed by atoms with E-state index in [4.69, 9.17) is 9.63 Å². The Morgan fingerprint density at radius 1 is 1.64 bits per heavy atom. The lowest BCUT2D eigenvalue weighted by molar-refractivity contribution is 0.151. The van der Waals surface area contributed by atoms with Gasteiger partial charge in [0.15, 0.2) is 5.82 Å². The highest BCUT2D eigenvalue weighted by molar-refractivity contribution is 5.03. The summed E-state index contributed by atoms with van der Waals surface area (Å²) in [4.78, 5) is 4.04. The molecule has 1 saturated carbocycles. The van der Waals surface area contributed by atoms with Gasteiger partial charge < -0.3 is 9.63 Å². The molecule has 0 spiro atoms. The first-order chi connectivity index (χ1) is 5.27. The minimum absolute atomic E-state index is 0.326. The number of aliphatic hydroxyl groups is 1. The van der Waals surface area contributed by atoms with E-state index in [0.29, 0.717) is 11.8 Å². The largest absolute Gasteiger partial charge is 0.384 e. The molecule has 4 nitrogen and oxygen atoms in total. The van der Waals surface area contributed by atoms with Crippen LogP contribution in [0, 0.1) is 0 Å².